The third-order valence-electron chi connectivity index (χ3n) is 3.98. The van der Waals surface area contributed by atoms with E-state index in [0.717, 1.165) is 23.0 Å². The Morgan fingerprint density at radius 2 is 2.11 bits per heavy atom. The Hall–Kier alpha value is -1.84. The molecule has 0 unspecified atom stereocenters. The number of hydrogen-bond donors (Lipinski definition) is 2. The highest BCUT2D eigenvalue weighted by molar-refractivity contribution is 5.87. The summed E-state index contributed by atoms with van der Waals surface area (Å²) >= 11 is 0. The normalized spacial score (nSPS) is 17.7. The van der Waals surface area contributed by atoms with Crippen LogP contribution in [0.25, 0.3) is 10.9 Å². The number of benzene rings is 1. The second kappa shape index (κ2) is 3.57. The van der Waals surface area contributed by atoms with Gasteiger partial charge in [0.15, 0.2) is 0 Å². The van der Waals surface area contributed by atoms with E-state index in [4.69, 9.17) is 0 Å². The van der Waals surface area contributed by atoms with Gasteiger partial charge in [0, 0.05) is 22.2 Å². The van der Waals surface area contributed by atoms with Gasteiger partial charge in [-0.15, -0.1) is 0 Å². The summed E-state index contributed by atoms with van der Waals surface area (Å²) in [5, 5.41) is 10.1. The van der Waals surface area contributed by atoms with E-state index in [0.29, 0.717) is 18.4 Å². The van der Waals surface area contributed by atoms with E-state index >= 15 is 0 Å². The smallest absolute Gasteiger partial charge is 0.314 e. The second-order valence-corrected chi connectivity index (χ2v) is 5.11. The van der Waals surface area contributed by atoms with E-state index in [9.17, 15) is 14.3 Å². The van der Waals surface area contributed by atoms with Crippen LogP contribution in [0.1, 0.15) is 30.5 Å². The first-order valence-corrected chi connectivity index (χ1v) is 6.06. The molecule has 94 valence electrons. The average molecular weight is 247 g/mol. The van der Waals surface area contributed by atoms with Crippen LogP contribution in [0.2, 0.25) is 0 Å². The first kappa shape index (κ1) is 11.3. The minimum atomic E-state index is -1.02. The third kappa shape index (κ3) is 1.38. The molecule has 1 heterocycles. The molecule has 1 aliphatic carbocycles. The Morgan fingerprint density at radius 1 is 1.39 bits per heavy atom. The van der Waals surface area contributed by atoms with Crippen molar-refractivity contribution in [1.82, 2.24) is 4.98 Å². The zero-order chi connectivity index (χ0) is 12.9. The molecule has 1 aromatic heterocycles. The van der Waals surface area contributed by atoms with Crippen molar-refractivity contribution >= 4 is 16.9 Å². The summed E-state index contributed by atoms with van der Waals surface area (Å²) < 4.78 is 14.1. The molecule has 1 aromatic carbocycles. The minimum absolute atomic E-state index is 0.315. The molecule has 0 amide bonds. The average Bonchev–Trinajstić information content (AvgIpc) is 2.55. The molecule has 0 aliphatic heterocycles. The maximum Gasteiger partial charge on any atom is 0.314 e. The van der Waals surface area contributed by atoms with Gasteiger partial charge in [-0.05, 0) is 38.0 Å². The number of fused-ring (bicyclic) bond motifs is 1. The summed E-state index contributed by atoms with van der Waals surface area (Å²) in [5.74, 6) is -1.33. The lowest BCUT2D eigenvalue weighted by molar-refractivity contribution is -0.147. The maximum atomic E-state index is 14.1. The van der Waals surface area contributed by atoms with Crippen LogP contribution >= 0.6 is 0 Å². The van der Waals surface area contributed by atoms with Crippen molar-refractivity contribution in [2.24, 2.45) is 0 Å². The Morgan fingerprint density at radius 3 is 2.67 bits per heavy atom. The topological polar surface area (TPSA) is 53.1 Å². The molecule has 1 aliphatic rings. The molecule has 2 N–H and O–H groups in total. The third-order valence-corrected chi connectivity index (χ3v) is 3.98. The van der Waals surface area contributed by atoms with E-state index in [1.807, 2.05) is 13.0 Å². The zero-order valence-electron chi connectivity index (χ0n) is 10.1. The van der Waals surface area contributed by atoms with Crippen LogP contribution in [0.4, 0.5) is 4.39 Å². The number of aromatic nitrogens is 1. The molecule has 0 bridgehead atoms. The van der Waals surface area contributed by atoms with Crippen molar-refractivity contribution in [3.63, 3.8) is 0 Å². The summed E-state index contributed by atoms with van der Waals surface area (Å²) in [4.78, 5) is 14.5. The van der Waals surface area contributed by atoms with Gasteiger partial charge in [0.25, 0.3) is 0 Å². The number of halogens is 1. The molecule has 2 aromatic rings. The quantitative estimate of drug-likeness (QED) is 0.856. The number of carboxylic acid groups (broad SMARTS) is 1. The van der Waals surface area contributed by atoms with Gasteiger partial charge in [0.05, 0.1) is 5.41 Å². The summed E-state index contributed by atoms with van der Waals surface area (Å²) in [7, 11) is 0. The van der Waals surface area contributed by atoms with Gasteiger partial charge in [-0.2, -0.15) is 0 Å². The van der Waals surface area contributed by atoms with Crippen LogP contribution in [0.3, 0.4) is 0 Å². The number of aliphatic carboxylic acids is 1. The number of H-pyrrole nitrogens is 1. The molecule has 0 radical (unpaired) electrons. The van der Waals surface area contributed by atoms with Gasteiger partial charge in [0.1, 0.15) is 5.82 Å². The van der Waals surface area contributed by atoms with Crippen molar-refractivity contribution in [3.8, 4) is 0 Å². The number of rotatable bonds is 2. The maximum absolute atomic E-state index is 14.1. The number of aromatic amines is 1. The van der Waals surface area contributed by atoms with Crippen LogP contribution in [0, 0.1) is 12.7 Å². The fraction of sp³-hybridized carbons (Fsp3) is 0.357. The van der Waals surface area contributed by atoms with Gasteiger partial charge in [-0.1, -0.05) is 6.42 Å². The van der Waals surface area contributed by atoms with Crippen molar-refractivity contribution in [2.45, 2.75) is 31.6 Å². The number of aryl methyl sites for hydroxylation is 1. The SMILES string of the molecule is Cc1cc2cc(F)c(C3(C(=O)O)CCC3)cc2[nH]1. The Labute approximate surface area is 104 Å². The zero-order valence-corrected chi connectivity index (χ0v) is 10.1. The van der Waals surface area contributed by atoms with E-state index < -0.39 is 17.2 Å². The van der Waals surface area contributed by atoms with Crippen LogP contribution in [0.15, 0.2) is 18.2 Å². The van der Waals surface area contributed by atoms with Crippen molar-refractivity contribution in [2.75, 3.05) is 0 Å². The first-order chi connectivity index (χ1) is 8.53. The van der Waals surface area contributed by atoms with Crippen LogP contribution in [0.5, 0.6) is 0 Å². The monoisotopic (exact) mass is 247 g/mol. The number of carboxylic acids is 1. The Bertz CT molecular complexity index is 641. The summed E-state index contributed by atoms with van der Waals surface area (Å²) in [5.41, 5.74) is 1.05. The van der Waals surface area contributed by atoms with Gasteiger partial charge in [-0.3, -0.25) is 4.79 Å². The van der Waals surface area contributed by atoms with Crippen molar-refractivity contribution < 1.29 is 14.3 Å². The second-order valence-electron chi connectivity index (χ2n) is 5.11. The van der Waals surface area contributed by atoms with Crippen molar-refractivity contribution in [3.05, 3.63) is 35.3 Å². The molecule has 0 saturated heterocycles. The molecule has 1 fully saturated rings. The summed E-state index contributed by atoms with van der Waals surface area (Å²) in [6, 6.07) is 4.94. The standard InChI is InChI=1S/C14H14FNO2/c1-8-5-9-6-11(15)10(7-12(9)16-8)14(13(17)18)3-2-4-14/h5-7,16H,2-4H2,1H3,(H,17,18). The van der Waals surface area contributed by atoms with Crippen molar-refractivity contribution in [1.29, 1.82) is 0 Å². The Balaban J connectivity index is 2.22. The van der Waals surface area contributed by atoms with E-state index in [1.54, 1.807) is 6.07 Å². The fourth-order valence-corrected chi connectivity index (χ4v) is 2.79. The predicted molar refractivity (Wildman–Crippen MR) is 66.2 cm³/mol. The lowest BCUT2D eigenvalue weighted by Crippen LogP contribution is -2.43. The van der Waals surface area contributed by atoms with Crippen LogP contribution in [-0.4, -0.2) is 16.1 Å². The van der Waals surface area contributed by atoms with E-state index in [-0.39, 0.29) is 0 Å². The molecule has 3 nitrogen and oxygen atoms in total. The molecule has 0 atom stereocenters. The van der Waals surface area contributed by atoms with Gasteiger partial charge in [0.2, 0.25) is 0 Å². The number of hydrogen-bond acceptors (Lipinski definition) is 1. The van der Waals surface area contributed by atoms with Crippen LogP contribution < -0.4 is 0 Å². The highest BCUT2D eigenvalue weighted by atomic mass is 19.1. The predicted octanol–water partition coefficient (Wildman–Crippen LogP) is 3.12. The molecular weight excluding hydrogens is 233 g/mol. The highest BCUT2D eigenvalue weighted by Gasteiger charge is 2.47. The molecule has 3 rings (SSSR count). The van der Waals surface area contributed by atoms with Gasteiger partial charge >= 0.3 is 5.97 Å². The molecule has 18 heavy (non-hydrogen) atoms. The van der Waals surface area contributed by atoms with Gasteiger partial charge < -0.3 is 10.1 Å². The molecule has 4 heteroatoms. The fourth-order valence-electron chi connectivity index (χ4n) is 2.79. The van der Waals surface area contributed by atoms with Gasteiger partial charge in [-0.25, -0.2) is 4.39 Å². The lowest BCUT2D eigenvalue weighted by atomic mass is 9.64. The minimum Gasteiger partial charge on any atom is -0.481 e. The lowest BCUT2D eigenvalue weighted by Gasteiger charge is -2.38. The van der Waals surface area contributed by atoms with Crippen LogP contribution in [-0.2, 0) is 10.2 Å². The number of nitrogens with one attached hydrogen (secondary N) is 1. The summed E-state index contributed by atoms with van der Waals surface area (Å²) in [6.45, 7) is 1.90. The molecular formula is C14H14FNO2. The van der Waals surface area contributed by atoms with E-state index in [1.165, 1.54) is 6.07 Å². The van der Waals surface area contributed by atoms with E-state index in [2.05, 4.69) is 4.98 Å². The first-order valence-electron chi connectivity index (χ1n) is 6.06. The summed E-state index contributed by atoms with van der Waals surface area (Å²) in [6.07, 6.45) is 1.88. The molecule has 0 spiro atoms. The Kier molecular flexibility index (Phi) is 2.24. The molecule has 1 saturated carbocycles. The largest absolute Gasteiger partial charge is 0.481 e. The number of carbonyl (C=O) groups is 1. The highest BCUT2D eigenvalue weighted by Crippen LogP contribution is 2.45.